The molecular formula is C21H23NO. The van der Waals surface area contributed by atoms with E-state index in [2.05, 4.69) is 53.8 Å². The predicted octanol–water partition coefficient (Wildman–Crippen LogP) is 4.46. The smallest absolute Gasteiger partial charge is 0.243 e. The average molecular weight is 305 g/mol. The summed E-state index contributed by atoms with van der Waals surface area (Å²) < 4.78 is 0. The van der Waals surface area contributed by atoms with Crippen LogP contribution in [-0.2, 0) is 4.79 Å². The van der Waals surface area contributed by atoms with Gasteiger partial charge in [-0.1, -0.05) is 78.9 Å². The number of amides is 1. The summed E-state index contributed by atoms with van der Waals surface area (Å²) in [7, 11) is 0. The number of carbonyl (C=O) groups excluding carboxylic acids is 1. The standard InChI is InChI=1S/C21H23NO/c1-2-3-6-15-21(23)22-17-16-20(18-11-7-4-8-12-18)19-13-9-5-10-14-19/h2-15,20H,16-17H2,1H3,(H,22,23)/b3-2+,15-6+. The van der Waals surface area contributed by atoms with Crippen LogP contribution in [0, 0.1) is 0 Å². The second kappa shape index (κ2) is 9.42. The molecule has 2 nitrogen and oxygen atoms in total. The number of hydrogen-bond donors (Lipinski definition) is 1. The van der Waals surface area contributed by atoms with E-state index in [1.165, 1.54) is 11.1 Å². The first-order chi connectivity index (χ1) is 11.3. The van der Waals surface area contributed by atoms with E-state index in [0.29, 0.717) is 6.54 Å². The fraction of sp³-hybridized carbons (Fsp3) is 0.190. The Morgan fingerprint density at radius 1 is 0.957 bits per heavy atom. The Morgan fingerprint density at radius 3 is 2.04 bits per heavy atom. The monoisotopic (exact) mass is 305 g/mol. The molecule has 0 fully saturated rings. The van der Waals surface area contributed by atoms with Gasteiger partial charge in [0.15, 0.2) is 0 Å². The summed E-state index contributed by atoms with van der Waals surface area (Å²) in [5.74, 6) is 0.236. The highest BCUT2D eigenvalue weighted by molar-refractivity contribution is 5.87. The first-order valence-corrected chi connectivity index (χ1v) is 7.98. The van der Waals surface area contributed by atoms with Crippen molar-refractivity contribution in [2.24, 2.45) is 0 Å². The van der Waals surface area contributed by atoms with Crippen molar-refractivity contribution in [3.63, 3.8) is 0 Å². The Hall–Kier alpha value is -2.61. The van der Waals surface area contributed by atoms with Crippen molar-refractivity contribution in [3.05, 3.63) is 96.1 Å². The van der Waals surface area contributed by atoms with Crippen molar-refractivity contribution in [3.8, 4) is 0 Å². The van der Waals surface area contributed by atoms with Crippen molar-refractivity contribution >= 4 is 5.91 Å². The third-order valence-electron chi connectivity index (χ3n) is 3.69. The van der Waals surface area contributed by atoms with E-state index in [1.807, 2.05) is 31.2 Å². The van der Waals surface area contributed by atoms with E-state index in [1.54, 1.807) is 12.2 Å². The summed E-state index contributed by atoms with van der Waals surface area (Å²) >= 11 is 0. The molecule has 2 heteroatoms. The largest absolute Gasteiger partial charge is 0.353 e. The van der Waals surface area contributed by atoms with Crippen LogP contribution in [0.1, 0.15) is 30.4 Å². The van der Waals surface area contributed by atoms with Crippen LogP contribution >= 0.6 is 0 Å². The molecule has 2 rings (SSSR count). The SMILES string of the molecule is C/C=C/C=C/C(=O)NCCC(c1ccccc1)c1ccccc1. The van der Waals surface area contributed by atoms with Crippen LogP contribution in [-0.4, -0.2) is 12.5 Å². The van der Waals surface area contributed by atoms with Crippen molar-refractivity contribution in [2.45, 2.75) is 19.3 Å². The highest BCUT2D eigenvalue weighted by Crippen LogP contribution is 2.27. The molecule has 2 aromatic carbocycles. The van der Waals surface area contributed by atoms with E-state index in [0.717, 1.165) is 6.42 Å². The molecule has 0 aliphatic heterocycles. The molecule has 2 aromatic rings. The van der Waals surface area contributed by atoms with Gasteiger partial charge in [0.05, 0.1) is 0 Å². The second-order valence-electron chi connectivity index (χ2n) is 5.34. The lowest BCUT2D eigenvalue weighted by molar-refractivity contribution is -0.116. The molecule has 0 unspecified atom stereocenters. The minimum absolute atomic E-state index is 0.0528. The summed E-state index contributed by atoms with van der Waals surface area (Å²) in [6, 6.07) is 20.9. The van der Waals surface area contributed by atoms with Gasteiger partial charge in [0.25, 0.3) is 0 Å². The molecule has 0 bridgehead atoms. The maximum atomic E-state index is 11.7. The van der Waals surface area contributed by atoms with Gasteiger partial charge >= 0.3 is 0 Å². The van der Waals surface area contributed by atoms with Gasteiger partial charge in [0.1, 0.15) is 0 Å². The van der Waals surface area contributed by atoms with E-state index in [4.69, 9.17) is 0 Å². The fourth-order valence-electron chi connectivity index (χ4n) is 2.55. The zero-order chi connectivity index (χ0) is 16.3. The lowest BCUT2D eigenvalue weighted by Gasteiger charge is -2.18. The minimum Gasteiger partial charge on any atom is -0.353 e. The van der Waals surface area contributed by atoms with Crippen LogP contribution in [0.2, 0.25) is 0 Å². The average Bonchev–Trinajstić information content (AvgIpc) is 2.60. The number of hydrogen-bond acceptors (Lipinski definition) is 1. The number of benzene rings is 2. The zero-order valence-electron chi connectivity index (χ0n) is 13.5. The topological polar surface area (TPSA) is 29.1 Å². The molecule has 0 aliphatic rings. The summed E-state index contributed by atoms with van der Waals surface area (Å²) in [4.78, 5) is 11.7. The van der Waals surface area contributed by atoms with Gasteiger partial charge < -0.3 is 5.32 Å². The van der Waals surface area contributed by atoms with Crippen LogP contribution in [0.5, 0.6) is 0 Å². The summed E-state index contributed by atoms with van der Waals surface area (Å²) in [6.45, 7) is 2.57. The molecule has 0 spiro atoms. The van der Waals surface area contributed by atoms with Gasteiger partial charge in [0.2, 0.25) is 5.91 Å². The van der Waals surface area contributed by atoms with Crippen LogP contribution < -0.4 is 5.32 Å². The number of rotatable bonds is 7. The summed E-state index contributed by atoms with van der Waals surface area (Å²) in [5.41, 5.74) is 2.55. The normalized spacial score (nSPS) is 11.4. The van der Waals surface area contributed by atoms with Crippen molar-refractivity contribution in [2.75, 3.05) is 6.54 Å². The van der Waals surface area contributed by atoms with E-state index < -0.39 is 0 Å². The minimum atomic E-state index is -0.0528. The van der Waals surface area contributed by atoms with Crippen LogP contribution in [0.4, 0.5) is 0 Å². The third kappa shape index (κ3) is 5.59. The Kier molecular flexibility index (Phi) is 6.86. The quantitative estimate of drug-likeness (QED) is 0.594. The van der Waals surface area contributed by atoms with Gasteiger partial charge in [-0.05, 0) is 24.5 Å². The van der Waals surface area contributed by atoms with Gasteiger partial charge in [-0.15, -0.1) is 0 Å². The van der Waals surface area contributed by atoms with Gasteiger partial charge in [-0.2, -0.15) is 0 Å². The lowest BCUT2D eigenvalue weighted by Crippen LogP contribution is -2.23. The van der Waals surface area contributed by atoms with Crippen LogP contribution in [0.3, 0.4) is 0 Å². The number of nitrogens with one attached hydrogen (secondary N) is 1. The van der Waals surface area contributed by atoms with E-state index in [-0.39, 0.29) is 11.8 Å². The molecule has 1 N–H and O–H groups in total. The Labute approximate surface area is 138 Å². The molecule has 118 valence electrons. The third-order valence-corrected chi connectivity index (χ3v) is 3.69. The molecule has 1 amide bonds. The maximum absolute atomic E-state index is 11.7. The number of carbonyl (C=O) groups is 1. The van der Waals surface area contributed by atoms with Crippen molar-refractivity contribution in [1.82, 2.24) is 5.32 Å². The second-order valence-corrected chi connectivity index (χ2v) is 5.34. The maximum Gasteiger partial charge on any atom is 0.243 e. The van der Waals surface area contributed by atoms with Crippen LogP contribution in [0.15, 0.2) is 85.0 Å². The summed E-state index contributed by atoms with van der Waals surface area (Å²) in [5, 5.41) is 2.95. The summed E-state index contributed by atoms with van der Waals surface area (Å²) in [6.07, 6.45) is 7.92. The molecule has 0 aromatic heterocycles. The first-order valence-electron chi connectivity index (χ1n) is 7.98. The lowest BCUT2D eigenvalue weighted by atomic mass is 9.88. The fourth-order valence-corrected chi connectivity index (χ4v) is 2.55. The van der Waals surface area contributed by atoms with Gasteiger partial charge in [-0.3, -0.25) is 4.79 Å². The van der Waals surface area contributed by atoms with Crippen molar-refractivity contribution in [1.29, 1.82) is 0 Å². The number of allylic oxidation sites excluding steroid dienone is 3. The Balaban J connectivity index is 2.01. The molecule has 0 heterocycles. The Morgan fingerprint density at radius 2 is 1.52 bits per heavy atom. The van der Waals surface area contributed by atoms with Gasteiger partial charge in [-0.25, -0.2) is 0 Å². The molecular weight excluding hydrogens is 282 g/mol. The highest BCUT2D eigenvalue weighted by atomic mass is 16.1. The van der Waals surface area contributed by atoms with E-state index in [9.17, 15) is 4.79 Å². The van der Waals surface area contributed by atoms with Crippen molar-refractivity contribution < 1.29 is 4.79 Å². The molecule has 0 aliphatic carbocycles. The molecule has 23 heavy (non-hydrogen) atoms. The Bertz CT molecular complexity index is 605. The predicted molar refractivity (Wildman–Crippen MR) is 96.3 cm³/mol. The van der Waals surface area contributed by atoms with E-state index >= 15 is 0 Å². The zero-order valence-corrected chi connectivity index (χ0v) is 13.5. The van der Waals surface area contributed by atoms with Crippen LogP contribution in [0.25, 0.3) is 0 Å². The molecule has 0 saturated carbocycles. The molecule has 0 atom stereocenters. The molecule has 0 saturated heterocycles. The highest BCUT2D eigenvalue weighted by Gasteiger charge is 2.13. The molecule has 0 radical (unpaired) electrons. The van der Waals surface area contributed by atoms with Gasteiger partial charge in [0, 0.05) is 18.5 Å². The first kappa shape index (κ1) is 16.8.